The third-order valence-corrected chi connectivity index (χ3v) is 15.8. The minimum absolute atomic E-state index is 0.0627. The maximum absolute atomic E-state index is 15.8. The number of carbonyl (C=O) groups is 2. The monoisotopic (exact) mass is 583 g/mol. The van der Waals surface area contributed by atoms with Gasteiger partial charge in [0.1, 0.15) is 12.6 Å². The van der Waals surface area contributed by atoms with Gasteiger partial charge in [-0.1, -0.05) is 0 Å². The van der Waals surface area contributed by atoms with Crippen LogP contribution in [0.2, 0.25) is 0 Å². The largest absolute Gasteiger partial charge is 0.388 e. The van der Waals surface area contributed by atoms with Crippen molar-refractivity contribution in [2.75, 3.05) is 12.3 Å². The lowest BCUT2D eigenvalue weighted by Crippen LogP contribution is -2.01. The van der Waals surface area contributed by atoms with E-state index in [-0.39, 0.29) is 12.6 Å². The molecule has 0 saturated heterocycles. The molecule has 5 atom stereocenters. The first-order valence-electron chi connectivity index (χ1n) is 9.48. The van der Waals surface area contributed by atoms with E-state index in [9.17, 15) is 9.59 Å². The Kier molecular flexibility index (Phi) is 11.1. The second kappa shape index (κ2) is 11.8. The van der Waals surface area contributed by atoms with Crippen LogP contribution < -0.4 is 0 Å². The Hall–Kier alpha value is 0.0200. The highest BCUT2D eigenvalue weighted by molar-refractivity contribution is 7.80. The van der Waals surface area contributed by atoms with Crippen LogP contribution in [0, 0.1) is 0 Å². The Morgan fingerprint density at radius 3 is 1.21 bits per heavy atom. The quantitative estimate of drug-likeness (QED) is 0.144. The van der Waals surface area contributed by atoms with Gasteiger partial charge in [0.25, 0.3) is 15.0 Å². The zero-order chi connectivity index (χ0) is 25.7. The smallest absolute Gasteiger partial charge is 0.303 e. The standard InChI is InChI=1S/C13H27F5N5O5P5/c1-11(2)26-31(16)20-29(14,9-7-24)19-30(15,10-8-25)21-32(17,27-12(3)4)23-33(18,22-31)28-13(5)6/h7-8,11-13H,9-10H2,1-6H3. The van der Waals surface area contributed by atoms with Crippen LogP contribution >= 0.6 is 38.3 Å². The molecule has 0 aromatic heterocycles. The topological polar surface area (TPSA) is 124 Å². The highest BCUT2D eigenvalue weighted by Gasteiger charge is 2.41. The molecular weight excluding hydrogens is 556 g/mol. The summed E-state index contributed by atoms with van der Waals surface area (Å²) in [5, 5.41) is 0. The highest BCUT2D eigenvalue weighted by atomic mass is 31.3. The van der Waals surface area contributed by atoms with Gasteiger partial charge in [-0.05, 0) is 41.5 Å². The van der Waals surface area contributed by atoms with Gasteiger partial charge in [-0.15, -0.1) is 9.03 Å². The first-order chi connectivity index (χ1) is 14.9. The van der Waals surface area contributed by atoms with Crippen molar-refractivity contribution in [2.45, 2.75) is 59.9 Å². The van der Waals surface area contributed by atoms with Crippen molar-refractivity contribution in [1.29, 1.82) is 0 Å². The SMILES string of the molecule is CC(C)OP1(F)=NP(F)(CC=O)=NP(F)(CC=O)=NP(F)(OC(C)C)=NP(F)(OC(C)C)=N1. The summed E-state index contributed by atoms with van der Waals surface area (Å²) in [5.41, 5.74) is 0. The molecule has 0 aromatic rings. The first kappa shape index (κ1) is 31.1. The van der Waals surface area contributed by atoms with Gasteiger partial charge in [0.05, 0.1) is 30.6 Å². The minimum Gasteiger partial charge on any atom is -0.303 e. The lowest BCUT2D eigenvalue weighted by molar-refractivity contribution is -0.106. The lowest BCUT2D eigenvalue weighted by Gasteiger charge is -2.24. The Bertz CT molecular complexity index is 1010. The molecular formula is C13H27F5N5O5P5. The average molecular weight is 583 g/mol. The van der Waals surface area contributed by atoms with Gasteiger partial charge in [0.15, 0.2) is 0 Å². The summed E-state index contributed by atoms with van der Waals surface area (Å²) in [4.78, 5) is 22.1. The van der Waals surface area contributed by atoms with E-state index < -0.39 is 68.9 Å². The molecule has 1 heterocycles. The van der Waals surface area contributed by atoms with Crippen LogP contribution in [0.25, 0.3) is 0 Å². The molecule has 0 radical (unpaired) electrons. The molecule has 20 heteroatoms. The summed E-state index contributed by atoms with van der Waals surface area (Å²) in [6, 6.07) is 0. The normalized spacial score (nSPS) is 37.4. The molecule has 1 rings (SSSR count). The van der Waals surface area contributed by atoms with Crippen molar-refractivity contribution in [3.63, 3.8) is 0 Å². The van der Waals surface area contributed by atoms with E-state index in [1.54, 1.807) is 0 Å². The van der Waals surface area contributed by atoms with Crippen molar-refractivity contribution in [2.24, 2.45) is 22.6 Å². The van der Waals surface area contributed by atoms with Crippen LogP contribution in [0.1, 0.15) is 41.5 Å². The molecule has 1 aliphatic rings. The molecule has 0 saturated carbocycles. The van der Waals surface area contributed by atoms with Crippen LogP contribution in [0.15, 0.2) is 22.6 Å². The van der Waals surface area contributed by atoms with Crippen LogP contribution in [0.5, 0.6) is 0 Å². The molecule has 5 unspecified atom stereocenters. The predicted octanol–water partition coefficient (Wildman–Crippen LogP) is 9.42. The summed E-state index contributed by atoms with van der Waals surface area (Å²) in [6.45, 7) is 7.78. The number of nitrogens with zero attached hydrogens (tertiary/aromatic N) is 5. The Balaban J connectivity index is 4.37. The number of aldehydes is 2. The van der Waals surface area contributed by atoms with Crippen LogP contribution in [-0.4, -0.2) is 43.2 Å². The first-order valence-corrected chi connectivity index (χ1v) is 17.5. The van der Waals surface area contributed by atoms with E-state index in [4.69, 9.17) is 13.6 Å². The fraction of sp³-hybridized carbons (Fsp3) is 0.846. The molecule has 194 valence electrons. The lowest BCUT2D eigenvalue weighted by atomic mass is 10.5. The number of carbonyl (C=O) groups excluding carboxylic acids is 2. The van der Waals surface area contributed by atoms with Crippen molar-refractivity contribution in [1.82, 2.24) is 0 Å². The molecule has 1 aliphatic heterocycles. The van der Waals surface area contributed by atoms with Crippen molar-refractivity contribution in [3.05, 3.63) is 0 Å². The zero-order valence-electron chi connectivity index (χ0n) is 18.7. The van der Waals surface area contributed by atoms with Gasteiger partial charge >= 0.3 is 23.2 Å². The van der Waals surface area contributed by atoms with Gasteiger partial charge in [-0.2, -0.15) is 34.5 Å². The molecule has 33 heavy (non-hydrogen) atoms. The molecule has 0 aromatic carbocycles. The number of halogens is 5. The van der Waals surface area contributed by atoms with Gasteiger partial charge in [0, 0.05) is 0 Å². The summed E-state index contributed by atoms with van der Waals surface area (Å²) in [7, 11) is -26.5. The molecule has 0 bridgehead atoms. The molecule has 10 nitrogen and oxygen atoms in total. The van der Waals surface area contributed by atoms with E-state index >= 15 is 21.0 Å². The van der Waals surface area contributed by atoms with Crippen LogP contribution in [0.4, 0.5) is 21.0 Å². The Morgan fingerprint density at radius 1 is 0.576 bits per heavy atom. The second-order valence-corrected chi connectivity index (χ2v) is 17.7. The van der Waals surface area contributed by atoms with Gasteiger partial charge in [-0.3, -0.25) is 0 Å². The van der Waals surface area contributed by atoms with Gasteiger partial charge in [0.2, 0.25) is 0 Å². The zero-order valence-corrected chi connectivity index (χ0v) is 23.2. The fourth-order valence-corrected chi connectivity index (χ4v) is 15.2. The maximum Gasteiger partial charge on any atom is 0.388 e. The summed E-state index contributed by atoms with van der Waals surface area (Å²) >= 11 is 0. The van der Waals surface area contributed by atoms with Crippen LogP contribution in [0.3, 0.4) is 0 Å². The van der Waals surface area contributed by atoms with E-state index in [1.165, 1.54) is 41.5 Å². The number of hydrogen-bond donors (Lipinski definition) is 0. The predicted molar refractivity (Wildman–Crippen MR) is 123 cm³/mol. The molecule has 0 aliphatic carbocycles. The van der Waals surface area contributed by atoms with Gasteiger partial charge < -0.3 is 23.2 Å². The molecule has 0 amide bonds. The number of hydrogen-bond acceptors (Lipinski definition) is 10. The Labute approximate surface area is 190 Å². The Morgan fingerprint density at radius 2 is 0.879 bits per heavy atom. The molecule has 0 spiro atoms. The fourth-order valence-electron chi connectivity index (χ4n) is 2.18. The summed E-state index contributed by atoms with van der Waals surface area (Å²) in [5.74, 6) is 0. The molecule has 0 N–H and O–H groups in total. The summed E-state index contributed by atoms with van der Waals surface area (Å²) in [6.07, 6.45) is -5.76. The average Bonchev–Trinajstić information content (AvgIpc) is 2.48. The van der Waals surface area contributed by atoms with E-state index in [0.717, 1.165) is 0 Å². The minimum atomic E-state index is -5.40. The third-order valence-electron chi connectivity index (χ3n) is 2.86. The maximum atomic E-state index is 15.8. The van der Waals surface area contributed by atoms with E-state index in [1.807, 2.05) is 0 Å². The van der Waals surface area contributed by atoms with E-state index in [0.29, 0.717) is 0 Å². The van der Waals surface area contributed by atoms with Crippen LogP contribution in [-0.2, 0) is 23.2 Å². The van der Waals surface area contributed by atoms with Crippen molar-refractivity contribution in [3.8, 4) is 0 Å². The number of rotatable bonds is 10. The summed E-state index contributed by atoms with van der Waals surface area (Å²) < 4.78 is 109. The van der Waals surface area contributed by atoms with E-state index in [2.05, 4.69) is 22.6 Å². The third kappa shape index (κ3) is 10.3. The highest BCUT2D eigenvalue weighted by Crippen LogP contribution is 2.81. The molecule has 0 fully saturated rings. The van der Waals surface area contributed by atoms with Crippen molar-refractivity contribution < 1.29 is 44.1 Å². The second-order valence-electron chi connectivity index (χ2n) is 7.31. The van der Waals surface area contributed by atoms with Crippen molar-refractivity contribution >= 4 is 50.8 Å². The van der Waals surface area contributed by atoms with Gasteiger partial charge in [-0.25, -0.2) is 0 Å².